The Kier molecular flexibility index (Phi) is 7.16. The average Bonchev–Trinajstić information content (AvgIpc) is 2.62. The molecule has 0 amide bonds. The highest BCUT2D eigenvalue weighted by molar-refractivity contribution is 7.98. The SMILES string of the molecule is CCOc1ccc(CNS(=O)(=O)c2ccc(SC)cc2)cc1OCC. The molecule has 25 heavy (non-hydrogen) atoms. The minimum atomic E-state index is -3.56. The third kappa shape index (κ3) is 5.39. The van der Waals surface area contributed by atoms with Crippen molar-refractivity contribution >= 4 is 21.8 Å². The van der Waals surface area contributed by atoms with Gasteiger partial charge in [-0.2, -0.15) is 0 Å². The third-order valence-electron chi connectivity index (χ3n) is 3.44. The van der Waals surface area contributed by atoms with Crippen LogP contribution >= 0.6 is 11.8 Å². The Labute approximate surface area is 153 Å². The molecule has 2 aromatic carbocycles. The molecule has 5 nitrogen and oxygen atoms in total. The van der Waals surface area contributed by atoms with Gasteiger partial charge in [0, 0.05) is 11.4 Å². The van der Waals surface area contributed by atoms with Gasteiger partial charge in [0.2, 0.25) is 10.0 Å². The minimum Gasteiger partial charge on any atom is -0.490 e. The van der Waals surface area contributed by atoms with Gasteiger partial charge in [0.05, 0.1) is 18.1 Å². The summed E-state index contributed by atoms with van der Waals surface area (Å²) in [6, 6.07) is 12.2. The fourth-order valence-corrected chi connectivity index (χ4v) is 3.65. The van der Waals surface area contributed by atoms with Crippen LogP contribution in [0.1, 0.15) is 19.4 Å². The van der Waals surface area contributed by atoms with Gasteiger partial charge in [-0.15, -0.1) is 11.8 Å². The molecule has 0 atom stereocenters. The molecule has 0 spiro atoms. The molecule has 0 bridgehead atoms. The highest BCUT2D eigenvalue weighted by atomic mass is 32.2. The smallest absolute Gasteiger partial charge is 0.240 e. The number of benzene rings is 2. The maximum atomic E-state index is 12.4. The summed E-state index contributed by atoms with van der Waals surface area (Å²) in [6.07, 6.45) is 1.95. The van der Waals surface area contributed by atoms with Gasteiger partial charge in [-0.05, 0) is 62.1 Å². The molecule has 0 fully saturated rings. The van der Waals surface area contributed by atoms with E-state index >= 15 is 0 Å². The largest absolute Gasteiger partial charge is 0.490 e. The van der Waals surface area contributed by atoms with Crippen LogP contribution in [-0.2, 0) is 16.6 Å². The molecule has 0 saturated heterocycles. The zero-order chi connectivity index (χ0) is 18.3. The molecule has 7 heteroatoms. The highest BCUT2D eigenvalue weighted by Crippen LogP contribution is 2.28. The van der Waals surface area contributed by atoms with Gasteiger partial charge in [-0.1, -0.05) is 6.07 Å². The first-order chi connectivity index (χ1) is 12.0. The van der Waals surface area contributed by atoms with Crippen LogP contribution in [0.2, 0.25) is 0 Å². The van der Waals surface area contributed by atoms with Gasteiger partial charge in [-0.3, -0.25) is 0 Å². The van der Waals surface area contributed by atoms with Crippen molar-refractivity contribution in [2.45, 2.75) is 30.2 Å². The summed E-state index contributed by atoms with van der Waals surface area (Å²) in [6.45, 7) is 5.03. The van der Waals surface area contributed by atoms with Crippen LogP contribution in [0, 0.1) is 0 Å². The van der Waals surface area contributed by atoms with Crippen molar-refractivity contribution in [2.24, 2.45) is 0 Å². The van der Waals surface area contributed by atoms with Crippen LogP contribution in [0.15, 0.2) is 52.3 Å². The zero-order valence-electron chi connectivity index (χ0n) is 14.6. The number of nitrogens with one attached hydrogen (secondary N) is 1. The molecule has 2 rings (SSSR count). The maximum Gasteiger partial charge on any atom is 0.240 e. The molecule has 1 N–H and O–H groups in total. The minimum absolute atomic E-state index is 0.180. The Morgan fingerprint density at radius 1 is 0.960 bits per heavy atom. The number of thioether (sulfide) groups is 1. The lowest BCUT2D eigenvalue weighted by atomic mass is 10.2. The number of sulfonamides is 1. The van der Waals surface area contributed by atoms with Crippen molar-refractivity contribution in [1.82, 2.24) is 4.72 Å². The summed E-state index contributed by atoms with van der Waals surface area (Å²) < 4.78 is 38.5. The fraction of sp³-hybridized carbons (Fsp3) is 0.333. The summed E-state index contributed by atoms with van der Waals surface area (Å²) >= 11 is 1.57. The second-order valence-electron chi connectivity index (χ2n) is 5.15. The van der Waals surface area contributed by atoms with Crippen molar-refractivity contribution in [3.05, 3.63) is 48.0 Å². The molecular formula is C18H23NO4S2. The van der Waals surface area contributed by atoms with E-state index in [1.807, 2.05) is 26.2 Å². The molecule has 0 aromatic heterocycles. The summed E-state index contributed by atoms with van der Waals surface area (Å²) in [5.41, 5.74) is 0.802. The van der Waals surface area contributed by atoms with E-state index < -0.39 is 10.0 Å². The normalized spacial score (nSPS) is 11.3. The van der Waals surface area contributed by atoms with Crippen molar-refractivity contribution in [1.29, 1.82) is 0 Å². The monoisotopic (exact) mass is 381 g/mol. The zero-order valence-corrected chi connectivity index (χ0v) is 16.2. The van der Waals surface area contributed by atoms with Crippen molar-refractivity contribution in [3.8, 4) is 11.5 Å². The van der Waals surface area contributed by atoms with Crippen LogP contribution in [0.4, 0.5) is 0 Å². The first-order valence-corrected chi connectivity index (χ1v) is 10.7. The van der Waals surface area contributed by atoms with Crippen LogP contribution < -0.4 is 14.2 Å². The molecule has 0 aliphatic rings. The van der Waals surface area contributed by atoms with Gasteiger partial charge < -0.3 is 9.47 Å². The Hall–Kier alpha value is -1.70. The van der Waals surface area contributed by atoms with Crippen molar-refractivity contribution in [3.63, 3.8) is 0 Å². The van der Waals surface area contributed by atoms with E-state index in [0.717, 1.165) is 10.5 Å². The van der Waals surface area contributed by atoms with Gasteiger partial charge in [0.15, 0.2) is 11.5 Å². The number of rotatable bonds is 9. The first-order valence-electron chi connectivity index (χ1n) is 8.02. The Morgan fingerprint density at radius 3 is 2.20 bits per heavy atom. The second-order valence-corrected chi connectivity index (χ2v) is 7.79. The number of hydrogen-bond acceptors (Lipinski definition) is 5. The lowest BCUT2D eigenvalue weighted by Crippen LogP contribution is -2.23. The van der Waals surface area contributed by atoms with E-state index in [0.29, 0.717) is 24.7 Å². The molecule has 0 heterocycles. The topological polar surface area (TPSA) is 64.6 Å². The van der Waals surface area contributed by atoms with Gasteiger partial charge >= 0.3 is 0 Å². The van der Waals surface area contributed by atoms with Crippen molar-refractivity contribution < 1.29 is 17.9 Å². The first kappa shape index (κ1) is 19.6. The standard InChI is InChI=1S/C18H23NO4S2/c1-4-22-17-11-6-14(12-18(17)23-5-2)13-19-25(20,21)16-9-7-15(24-3)8-10-16/h6-12,19H,4-5,13H2,1-3H3. The number of ether oxygens (including phenoxy) is 2. The van der Waals surface area contributed by atoms with Crippen LogP contribution in [-0.4, -0.2) is 27.9 Å². The quantitative estimate of drug-likeness (QED) is 0.671. The summed E-state index contributed by atoms with van der Waals surface area (Å²) in [5, 5.41) is 0. The maximum absolute atomic E-state index is 12.4. The van der Waals surface area contributed by atoms with E-state index in [4.69, 9.17) is 9.47 Å². The average molecular weight is 382 g/mol. The molecule has 0 aliphatic carbocycles. The summed E-state index contributed by atoms with van der Waals surface area (Å²) in [5.74, 6) is 1.27. The predicted octanol–water partition coefficient (Wildman–Crippen LogP) is 3.68. The van der Waals surface area contributed by atoms with Gasteiger partial charge in [-0.25, -0.2) is 13.1 Å². The molecule has 0 aliphatic heterocycles. The molecule has 136 valence electrons. The fourth-order valence-electron chi connectivity index (χ4n) is 2.22. The highest BCUT2D eigenvalue weighted by Gasteiger charge is 2.14. The van der Waals surface area contributed by atoms with Crippen LogP contribution in [0.25, 0.3) is 0 Å². The molecule has 0 radical (unpaired) electrons. The molecule has 2 aromatic rings. The number of hydrogen-bond donors (Lipinski definition) is 1. The molecular weight excluding hydrogens is 358 g/mol. The third-order valence-corrected chi connectivity index (χ3v) is 5.60. The Bertz CT molecular complexity index is 789. The van der Waals surface area contributed by atoms with Gasteiger partial charge in [0.25, 0.3) is 0 Å². The van der Waals surface area contributed by atoms with Crippen LogP contribution in [0.5, 0.6) is 11.5 Å². The summed E-state index contributed by atoms with van der Waals surface area (Å²) in [4.78, 5) is 1.27. The van der Waals surface area contributed by atoms with E-state index in [1.54, 1.807) is 48.2 Å². The Morgan fingerprint density at radius 2 is 1.60 bits per heavy atom. The lowest BCUT2D eigenvalue weighted by molar-refractivity contribution is 0.287. The van der Waals surface area contributed by atoms with Crippen LogP contribution in [0.3, 0.4) is 0 Å². The summed E-state index contributed by atoms with van der Waals surface area (Å²) in [7, 11) is -3.56. The van der Waals surface area contributed by atoms with E-state index in [9.17, 15) is 8.42 Å². The second kappa shape index (κ2) is 9.12. The van der Waals surface area contributed by atoms with Gasteiger partial charge in [0.1, 0.15) is 0 Å². The predicted molar refractivity (Wildman–Crippen MR) is 101 cm³/mol. The van der Waals surface area contributed by atoms with E-state index in [1.165, 1.54) is 0 Å². The molecule has 0 saturated carbocycles. The van der Waals surface area contributed by atoms with E-state index in [-0.39, 0.29) is 11.4 Å². The molecule has 0 unspecified atom stereocenters. The lowest BCUT2D eigenvalue weighted by Gasteiger charge is -2.13. The Balaban J connectivity index is 2.12. The van der Waals surface area contributed by atoms with Crippen molar-refractivity contribution in [2.75, 3.05) is 19.5 Å². The van der Waals surface area contributed by atoms with E-state index in [2.05, 4.69) is 4.72 Å².